The zero-order valence-corrected chi connectivity index (χ0v) is 37.2. The van der Waals surface area contributed by atoms with Crippen molar-refractivity contribution in [3.63, 3.8) is 0 Å². The van der Waals surface area contributed by atoms with Crippen LogP contribution in [0, 0.1) is 0 Å². The predicted molar refractivity (Wildman–Crippen MR) is 284 cm³/mol. The van der Waals surface area contributed by atoms with Crippen LogP contribution in [0.25, 0.3) is 111 Å². The van der Waals surface area contributed by atoms with Crippen LogP contribution in [0.5, 0.6) is 0 Å². The first-order valence-corrected chi connectivity index (χ1v) is 23.4. The highest BCUT2D eigenvalue weighted by Crippen LogP contribution is 2.40. The molecule has 0 saturated heterocycles. The summed E-state index contributed by atoms with van der Waals surface area (Å²) in [6, 6.07) is 81.2. The highest BCUT2D eigenvalue weighted by atomic mass is 15.0. The van der Waals surface area contributed by atoms with E-state index >= 15 is 0 Å². The average Bonchev–Trinajstić information content (AvgIpc) is 3.94. The molecular formula is C64H44N4. The number of fused-ring (bicyclic) bond motifs is 6. The molecule has 3 aromatic heterocycles. The fourth-order valence-corrected chi connectivity index (χ4v) is 10.3. The maximum Gasteiger partial charge on any atom is 0.160 e. The van der Waals surface area contributed by atoms with Crippen LogP contribution < -0.4 is 0 Å². The zero-order chi connectivity index (χ0) is 45.0. The third kappa shape index (κ3) is 6.94. The Morgan fingerprint density at radius 2 is 0.882 bits per heavy atom. The Morgan fingerprint density at radius 1 is 0.338 bits per heavy atom. The molecule has 0 aliphatic heterocycles. The van der Waals surface area contributed by atoms with Crippen LogP contribution in [0.4, 0.5) is 0 Å². The summed E-state index contributed by atoms with van der Waals surface area (Å²) >= 11 is 0. The lowest BCUT2D eigenvalue weighted by atomic mass is 9.95. The Bertz CT molecular complexity index is 3860. The second-order valence-electron chi connectivity index (χ2n) is 17.7. The minimum absolute atomic E-state index is 0.211. The van der Waals surface area contributed by atoms with Crippen molar-refractivity contribution in [2.45, 2.75) is 12.3 Å². The molecule has 1 aliphatic carbocycles. The topological polar surface area (TPSA) is 35.6 Å². The molecule has 0 saturated carbocycles. The summed E-state index contributed by atoms with van der Waals surface area (Å²) in [4.78, 5) is 10.3. The molecule has 9 aromatic carbocycles. The second kappa shape index (κ2) is 16.5. The second-order valence-corrected chi connectivity index (χ2v) is 17.7. The summed E-state index contributed by atoms with van der Waals surface area (Å²) in [5, 5.41) is 4.89. The first kappa shape index (κ1) is 39.5. The predicted octanol–water partition coefficient (Wildman–Crippen LogP) is 16.6. The van der Waals surface area contributed by atoms with Gasteiger partial charge in [-0.25, -0.2) is 9.97 Å². The van der Waals surface area contributed by atoms with Crippen LogP contribution in [0.3, 0.4) is 0 Å². The van der Waals surface area contributed by atoms with Crippen molar-refractivity contribution < 1.29 is 0 Å². The number of aromatic nitrogens is 4. The maximum absolute atomic E-state index is 5.17. The van der Waals surface area contributed by atoms with Crippen molar-refractivity contribution in [1.82, 2.24) is 19.1 Å². The number of hydrogen-bond donors (Lipinski definition) is 0. The van der Waals surface area contributed by atoms with Crippen LogP contribution in [-0.2, 0) is 0 Å². The van der Waals surface area contributed by atoms with Gasteiger partial charge in [-0.1, -0.05) is 170 Å². The Balaban J connectivity index is 0.918. The molecule has 0 radical (unpaired) electrons. The number of benzene rings is 9. The van der Waals surface area contributed by atoms with Crippen molar-refractivity contribution in [2.75, 3.05) is 0 Å². The van der Waals surface area contributed by atoms with Gasteiger partial charge >= 0.3 is 0 Å². The molecule has 0 bridgehead atoms. The minimum Gasteiger partial charge on any atom is -0.309 e. The summed E-state index contributed by atoms with van der Waals surface area (Å²) in [6.45, 7) is 0. The fourth-order valence-electron chi connectivity index (χ4n) is 10.3. The Morgan fingerprint density at radius 3 is 1.54 bits per heavy atom. The molecular weight excluding hydrogens is 825 g/mol. The molecule has 0 amide bonds. The van der Waals surface area contributed by atoms with Gasteiger partial charge in [0.05, 0.1) is 33.5 Å². The highest BCUT2D eigenvalue weighted by molar-refractivity contribution is 6.12. The van der Waals surface area contributed by atoms with Crippen molar-refractivity contribution in [2.24, 2.45) is 0 Å². The SMILES string of the molecule is C1=CCC(c2cc(-c3ccccc3)nc(-c3ccc(-n4c5ccccc5c5cc(-c6ccc7c8ccccc8n(-c8cc(-c9ccccc9)cc(-c9ccccc9)c8)c7c6)ccc54)cc3)n2)C=C1. The van der Waals surface area contributed by atoms with E-state index in [4.69, 9.17) is 9.97 Å². The molecule has 68 heavy (non-hydrogen) atoms. The largest absolute Gasteiger partial charge is 0.309 e. The quantitative estimate of drug-likeness (QED) is 0.153. The number of allylic oxidation sites excluding steroid dienone is 4. The van der Waals surface area contributed by atoms with E-state index < -0.39 is 0 Å². The molecule has 4 heteroatoms. The van der Waals surface area contributed by atoms with Gasteiger partial charge in [0.15, 0.2) is 5.82 Å². The summed E-state index contributed by atoms with van der Waals surface area (Å²) < 4.78 is 4.84. The molecule has 320 valence electrons. The Kier molecular flexibility index (Phi) is 9.61. The number of hydrogen-bond acceptors (Lipinski definition) is 2. The van der Waals surface area contributed by atoms with E-state index in [1.807, 2.05) is 6.07 Å². The summed E-state index contributed by atoms with van der Waals surface area (Å²) in [5.41, 5.74) is 18.0. The average molecular weight is 869 g/mol. The summed E-state index contributed by atoms with van der Waals surface area (Å²) in [5.74, 6) is 0.947. The lowest BCUT2D eigenvalue weighted by Gasteiger charge is -2.16. The maximum atomic E-state index is 5.17. The molecule has 0 N–H and O–H groups in total. The molecule has 0 spiro atoms. The first-order valence-electron chi connectivity index (χ1n) is 23.4. The van der Waals surface area contributed by atoms with Crippen molar-refractivity contribution >= 4 is 43.6 Å². The van der Waals surface area contributed by atoms with Gasteiger partial charge in [0, 0.05) is 50.0 Å². The van der Waals surface area contributed by atoms with Crippen molar-refractivity contribution in [3.8, 4) is 67.4 Å². The molecule has 12 aromatic rings. The molecule has 3 heterocycles. The third-order valence-electron chi connectivity index (χ3n) is 13.6. The lowest BCUT2D eigenvalue weighted by Crippen LogP contribution is -2.04. The third-order valence-corrected chi connectivity index (χ3v) is 13.6. The van der Waals surface area contributed by atoms with E-state index in [1.54, 1.807) is 0 Å². The van der Waals surface area contributed by atoms with Gasteiger partial charge in [-0.3, -0.25) is 0 Å². The van der Waals surface area contributed by atoms with E-state index in [0.717, 1.165) is 57.2 Å². The van der Waals surface area contributed by atoms with Crippen molar-refractivity contribution in [3.05, 3.63) is 254 Å². The van der Waals surface area contributed by atoms with Crippen LogP contribution in [0.15, 0.2) is 249 Å². The van der Waals surface area contributed by atoms with Gasteiger partial charge in [0.2, 0.25) is 0 Å². The number of rotatable bonds is 8. The standard InChI is InChI=1S/C64H44N4/c1-5-17-43(18-6-1)50-37-51(44-19-7-2-8-20-44)39-53(38-50)68-60-27-15-13-25-54(60)56-35-31-49(41-63(56)68)48-32-36-62-57(40-48)55-26-14-16-28-61(55)67(62)52-33-29-47(30-34-52)64-65-58(45-21-9-3-10-22-45)42-59(66-64)46-23-11-4-12-24-46/h1-23,25-42,46H,24H2. The monoisotopic (exact) mass is 868 g/mol. The Labute approximate surface area is 395 Å². The first-order chi connectivity index (χ1) is 33.7. The van der Waals surface area contributed by atoms with Gasteiger partial charge < -0.3 is 9.13 Å². The molecule has 13 rings (SSSR count). The normalized spacial score (nSPS) is 13.6. The van der Waals surface area contributed by atoms with Gasteiger partial charge in [-0.05, 0) is 119 Å². The van der Waals surface area contributed by atoms with E-state index in [2.05, 4.69) is 252 Å². The van der Waals surface area contributed by atoms with Gasteiger partial charge in [0.25, 0.3) is 0 Å². The van der Waals surface area contributed by atoms with E-state index in [9.17, 15) is 0 Å². The van der Waals surface area contributed by atoms with E-state index in [-0.39, 0.29) is 5.92 Å². The summed E-state index contributed by atoms with van der Waals surface area (Å²) in [6.07, 6.45) is 9.61. The van der Waals surface area contributed by atoms with Crippen LogP contribution in [0.1, 0.15) is 18.0 Å². The molecule has 0 fully saturated rings. The Hall–Kier alpha value is -8.86. The van der Waals surface area contributed by atoms with Crippen molar-refractivity contribution in [1.29, 1.82) is 0 Å². The smallest absolute Gasteiger partial charge is 0.160 e. The summed E-state index contributed by atoms with van der Waals surface area (Å²) in [7, 11) is 0. The minimum atomic E-state index is 0.211. The van der Waals surface area contributed by atoms with Gasteiger partial charge in [-0.2, -0.15) is 0 Å². The number of nitrogens with zero attached hydrogens (tertiary/aromatic N) is 4. The van der Waals surface area contributed by atoms with E-state index in [0.29, 0.717) is 0 Å². The fraction of sp³-hybridized carbons (Fsp3) is 0.0312. The lowest BCUT2D eigenvalue weighted by molar-refractivity contribution is 0.811. The van der Waals surface area contributed by atoms with Gasteiger partial charge in [-0.15, -0.1) is 0 Å². The van der Waals surface area contributed by atoms with Gasteiger partial charge in [0.1, 0.15) is 0 Å². The molecule has 1 aliphatic rings. The van der Waals surface area contributed by atoms with E-state index in [1.165, 1.54) is 66.0 Å². The van der Waals surface area contributed by atoms with Crippen LogP contribution >= 0.6 is 0 Å². The number of para-hydroxylation sites is 2. The molecule has 1 unspecified atom stereocenters. The zero-order valence-electron chi connectivity index (χ0n) is 37.2. The molecule has 4 nitrogen and oxygen atoms in total. The highest BCUT2D eigenvalue weighted by Gasteiger charge is 2.19. The molecule has 1 atom stereocenters. The van der Waals surface area contributed by atoms with Crippen LogP contribution in [-0.4, -0.2) is 19.1 Å². The van der Waals surface area contributed by atoms with Crippen LogP contribution in [0.2, 0.25) is 0 Å².